The van der Waals surface area contributed by atoms with Crippen molar-refractivity contribution in [1.29, 1.82) is 0 Å². The van der Waals surface area contributed by atoms with Gasteiger partial charge in [0.25, 0.3) is 5.91 Å². The Morgan fingerprint density at radius 2 is 1.73 bits per heavy atom. The lowest BCUT2D eigenvalue weighted by molar-refractivity contribution is -0.137. The zero-order chi connectivity index (χ0) is 19.5. The number of sulfone groups is 1. The first kappa shape index (κ1) is 19.7. The van der Waals surface area contributed by atoms with Crippen LogP contribution in [0, 0.1) is 13.8 Å². The molecule has 0 saturated carbocycles. The van der Waals surface area contributed by atoms with Crippen LogP contribution in [-0.4, -0.2) is 31.7 Å². The van der Waals surface area contributed by atoms with E-state index in [-0.39, 0.29) is 16.9 Å². The topological polar surface area (TPSA) is 101 Å². The summed E-state index contributed by atoms with van der Waals surface area (Å²) in [4.78, 5) is 24.0. The van der Waals surface area contributed by atoms with Crippen molar-refractivity contribution in [1.82, 2.24) is 5.32 Å². The zero-order valence-electron chi connectivity index (χ0n) is 14.8. The number of benzene rings is 2. The fourth-order valence-electron chi connectivity index (χ4n) is 2.62. The molecule has 1 amide bonds. The van der Waals surface area contributed by atoms with Crippen molar-refractivity contribution in [2.24, 2.45) is 0 Å². The van der Waals surface area contributed by atoms with Gasteiger partial charge in [0.05, 0.1) is 17.4 Å². The molecular formula is C19H21NO5S. The molecular weight excluding hydrogens is 354 g/mol. The van der Waals surface area contributed by atoms with Crippen LogP contribution in [0.25, 0.3) is 0 Å². The van der Waals surface area contributed by atoms with E-state index in [1.807, 2.05) is 0 Å². The highest BCUT2D eigenvalue weighted by atomic mass is 32.2. The molecule has 0 bridgehead atoms. The van der Waals surface area contributed by atoms with Crippen LogP contribution in [0.4, 0.5) is 0 Å². The van der Waals surface area contributed by atoms with Crippen LogP contribution in [-0.2, 0) is 14.6 Å². The van der Waals surface area contributed by atoms with Gasteiger partial charge in [-0.1, -0.05) is 30.3 Å². The molecule has 2 rings (SSSR count). The highest BCUT2D eigenvalue weighted by molar-refractivity contribution is 7.90. The number of carboxylic acids is 1. The van der Waals surface area contributed by atoms with Crippen LogP contribution in [0.5, 0.6) is 0 Å². The van der Waals surface area contributed by atoms with Crippen molar-refractivity contribution in [3.05, 3.63) is 64.7 Å². The predicted molar refractivity (Wildman–Crippen MR) is 97.9 cm³/mol. The van der Waals surface area contributed by atoms with Crippen LogP contribution in [0.2, 0.25) is 0 Å². The third-order valence-corrected chi connectivity index (χ3v) is 5.29. The molecule has 6 nitrogen and oxygen atoms in total. The number of nitrogens with one attached hydrogen (secondary N) is 1. The van der Waals surface area contributed by atoms with Crippen molar-refractivity contribution in [3.63, 3.8) is 0 Å². The number of hydrogen-bond donors (Lipinski definition) is 2. The Hall–Kier alpha value is -2.67. The molecule has 7 heteroatoms. The van der Waals surface area contributed by atoms with Crippen molar-refractivity contribution in [2.75, 3.05) is 6.26 Å². The summed E-state index contributed by atoms with van der Waals surface area (Å²) < 4.78 is 23.7. The van der Waals surface area contributed by atoms with Gasteiger partial charge in [0.1, 0.15) is 0 Å². The van der Waals surface area contributed by atoms with Crippen molar-refractivity contribution >= 4 is 21.7 Å². The third-order valence-electron chi connectivity index (χ3n) is 4.20. The van der Waals surface area contributed by atoms with E-state index >= 15 is 0 Å². The first-order valence-electron chi connectivity index (χ1n) is 7.98. The van der Waals surface area contributed by atoms with E-state index in [0.717, 1.165) is 6.26 Å². The van der Waals surface area contributed by atoms with Gasteiger partial charge in [-0.2, -0.15) is 0 Å². The van der Waals surface area contributed by atoms with Crippen LogP contribution >= 0.6 is 0 Å². The van der Waals surface area contributed by atoms with Gasteiger partial charge in [0.15, 0.2) is 9.84 Å². The highest BCUT2D eigenvalue weighted by Gasteiger charge is 2.22. The molecule has 2 N–H and O–H groups in total. The Balaban J connectivity index is 2.41. The molecule has 0 aliphatic heterocycles. The van der Waals surface area contributed by atoms with Gasteiger partial charge in [-0.25, -0.2) is 8.42 Å². The summed E-state index contributed by atoms with van der Waals surface area (Å²) in [7, 11) is -3.47. The summed E-state index contributed by atoms with van der Waals surface area (Å²) in [5.74, 6) is -1.55. The summed E-state index contributed by atoms with van der Waals surface area (Å²) in [5, 5.41) is 11.9. The average molecular weight is 375 g/mol. The SMILES string of the molecule is Cc1cc(S(C)(=O)=O)cc(C(=O)NC(CC(=O)O)c2ccccc2)c1C. The minimum Gasteiger partial charge on any atom is -0.481 e. The second-order valence-electron chi connectivity index (χ2n) is 6.22. The van der Waals surface area contributed by atoms with Crippen LogP contribution in [0.15, 0.2) is 47.4 Å². The smallest absolute Gasteiger partial charge is 0.305 e. The van der Waals surface area contributed by atoms with E-state index in [0.29, 0.717) is 16.7 Å². The molecule has 0 radical (unpaired) electrons. The van der Waals surface area contributed by atoms with E-state index < -0.39 is 27.8 Å². The molecule has 0 saturated heterocycles. The number of amides is 1. The van der Waals surface area contributed by atoms with E-state index in [9.17, 15) is 18.0 Å². The van der Waals surface area contributed by atoms with Gasteiger partial charge in [-0.05, 0) is 42.7 Å². The summed E-state index contributed by atoms with van der Waals surface area (Å²) in [6.07, 6.45) is 0.801. The minimum absolute atomic E-state index is 0.0558. The lowest BCUT2D eigenvalue weighted by Gasteiger charge is -2.19. The second kappa shape index (κ2) is 7.70. The van der Waals surface area contributed by atoms with E-state index in [1.54, 1.807) is 44.2 Å². The van der Waals surface area contributed by atoms with Gasteiger partial charge in [-0.3, -0.25) is 9.59 Å². The Morgan fingerprint density at radius 3 is 2.27 bits per heavy atom. The van der Waals surface area contributed by atoms with Crippen molar-refractivity contribution < 1.29 is 23.1 Å². The maximum absolute atomic E-state index is 12.8. The molecule has 2 aromatic carbocycles. The second-order valence-corrected chi connectivity index (χ2v) is 8.24. The molecule has 0 heterocycles. The number of rotatable bonds is 6. The molecule has 2 aromatic rings. The lowest BCUT2D eigenvalue weighted by Crippen LogP contribution is -2.31. The predicted octanol–water partition coefficient (Wildman–Crippen LogP) is 2.65. The Labute approximate surface area is 152 Å². The van der Waals surface area contributed by atoms with E-state index in [4.69, 9.17) is 5.11 Å². The quantitative estimate of drug-likeness (QED) is 0.808. The maximum Gasteiger partial charge on any atom is 0.305 e. The summed E-state index contributed by atoms with van der Waals surface area (Å²) >= 11 is 0. The summed E-state index contributed by atoms with van der Waals surface area (Å²) in [5.41, 5.74) is 2.21. The highest BCUT2D eigenvalue weighted by Crippen LogP contribution is 2.22. The van der Waals surface area contributed by atoms with Crippen molar-refractivity contribution in [2.45, 2.75) is 31.2 Å². The number of carbonyl (C=O) groups is 2. The largest absolute Gasteiger partial charge is 0.481 e. The first-order valence-corrected chi connectivity index (χ1v) is 9.87. The third kappa shape index (κ3) is 4.70. The number of carbonyl (C=O) groups excluding carboxylic acids is 1. The molecule has 1 unspecified atom stereocenters. The number of aliphatic carboxylic acids is 1. The van der Waals surface area contributed by atoms with Gasteiger partial charge in [-0.15, -0.1) is 0 Å². The van der Waals surface area contributed by atoms with E-state index in [1.165, 1.54) is 12.1 Å². The number of carboxylic acid groups (broad SMARTS) is 1. The normalized spacial score (nSPS) is 12.4. The minimum atomic E-state index is -3.47. The van der Waals surface area contributed by atoms with E-state index in [2.05, 4.69) is 5.32 Å². The number of hydrogen-bond acceptors (Lipinski definition) is 4. The number of aryl methyl sites for hydroxylation is 1. The van der Waals surface area contributed by atoms with Crippen molar-refractivity contribution in [3.8, 4) is 0 Å². The van der Waals surface area contributed by atoms with Crippen LogP contribution < -0.4 is 5.32 Å². The van der Waals surface area contributed by atoms with Gasteiger partial charge >= 0.3 is 5.97 Å². The van der Waals surface area contributed by atoms with Gasteiger partial charge in [0, 0.05) is 11.8 Å². The molecule has 0 fully saturated rings. The van der Waals surface area contributed by atoms with Gasteiger partial charge < -0.3 is 10.4 Å². The molecule has 0 aliphatic carbocycles. The molecule has 0 aromatic heterocycles. The molecule has 138 valence electrons. The molecule has 1 atom stereocenters. The zero-order valence-corrected chi connectivity index (χ0v) is 15.6. The average Bonchev–Trinajstić information content (AvgIpc) is 2.55. The lowest BCUT2D eigenvalue weighted by atomic mass is 10.00. The summed E-state index contributed by atoms with van der Waals surface area (Å²) in [6.45, 7) is 3.46. The fourth-order valence-corrected chi connectivity index (χ4v) is 3.35. The Morgan fingerprint density at radius 1 is 1.12 bits per heavy atom. The standard InChI is InChI=1S/C19H21NO5S/c1-12-9-15(26(3,24)25)10-16(13(12)2)19(23)20-17(11-18(21)22)14-7-5-4-6-8-14/h4-10,17H,11H2,1-3H3,(H,20,23)(H,21,22). The molecule has 0 aliphatic rings. The maximum atomic E-state index is 12.8. The first-order chi connectivity index (χ1) is 12.1. The Kier molecular flexibility index (Phi) is 5.82. The van der Waals surface area contributed by atoms with Crippen LogP contribution in [0.1, 0.15) is 39.5 Å². The van der Waals surface area contributed by atoms with Crippen LogP contribution in [0.3, 0.4) is 0 Å². The Bertz CT molecular complexity index is 936. The molecule has 26 heavy (non-hydrogen) atoms. The van der Waals surface area contributed by atoms with Gasteiger partial charge in [0.2, 0.25) is 0 Å². The fraction of sp³-hybridized carbons (Fsp3) is 0.263. The summed E-state index contributed by atoms with van der Waals surface area (Å²) in [6, 6.07) is 10.9. The molecule has 0 spiro atoms. The monoisotopic (exact) mass is 375 g/mol.